The van der Waals surface area contributed by atoms with Gasteiger partial charge in [-0.25, -0.2) is 13.2 Å². The van der Waals surface area contributed by atoms with Gasteiger partial charge < -0.3 is 5.11 Å². The van der Waals surface area contributed by atoms with Crippen LogP contribution in [0.2, 0.25) is 5.02 Å². The quantitative estimate of drug-likeness (QED) is 0.783. The van der Waals surface area contributed by atoms with Crippen molar-refractivity contribution in [2.75, 3.05) is 6.61 Å². The Morgan fingerprint density at radius 1 is 1.53 bits per heavy atom. The Bertz CT molecular complexity index is 528. The van der Waals surface area contributed by atoms with Crippen LogP contribution in [0.25, 0.3) is 0 Å². The number of aliphatic carboxylic acids is 1. The van der Waals surface area contributed by atoms with Gasteiger partial charge in [-0.2, -0.15) is 0 Å². The monoisotopic (exact) mass is 279 g/mol. The highest BCUT2D eigenvalue weighted by Gasteiger charge is 2.17. The van der Waals surface area contributed by atoms with Crippen LogP contribution in [-0.4, -0.2) is 26.1 Å². The van der Waals surface area contributed by atoms with Gasteiger partial charge in [0.15, 0.2) is 6.61 Å². The highest BCUT2D eigenvalue weighted by Crippen LogP contribution is 2.19. The van der Waals surface area contributed by atoms with E-state index in [0.717, 1.165) is 0 Å². The molecule has 0 atom stereocenters. The normalized spacial score (nSPS) is 11.4. The summed E-state index contributed by atoms with van der Waals surface area (Å²) in [6.07, 6.45) is 0. The van der Waals surface area contributed by atoms with Crippen LogP contribution in [0.1, 0.15) is 5.56 Å². The minimum absolute atomic E-state index is 0.0210. The number of sulfonamides is 1. The van der Waals surface area contributed by atoms with E-state index in [1.54, 1.807) is 11.8 Å². The second kappa shape index (κ2) is 5.46. The topological polar surface area (TPSA) is 92.7 Å². The number of carbonyl (C=O) groups is 1. The van der Waals surface area contributed by atoms with Gasteiger partial charge in [0.1, 0.15) is 0 Å². The van der Waals surface area contributed by atoms with Crippen molar-refractivity contribution in [2.24, 2.45) is 0 Å². The van der Waals surface area contributed by atoms with E-state index in [4.69, 9.17) is 16.7 Å². The molecule has 8 heteroatoms. The number of rotatable bonds is 5. The van der Waals surface area contributed by atoms with Crippen LogP contribution >= 0.6 is 11.6 Å². The van der Waals surface area contributed by atoms with Crippen molar-refractivity contribution in [3.05, 3.63) is 28.8 Å². The Hall–Kier alpha value is -1.15. The number of benzene rings is 1. The number of hydrogen-bond acceptors (Lipinski definition) is 4. The van der Waals surface area contributed by atoms with E-state index < -0.39 is 22.6 Å². The Morgan fingerprint density at radius 3 is 2.71 bits per heavy atom. The van der Waals surface area contributed by atoms with Crippen LogP contribution in [-0.2, 0) is 19.7 Å². The van der Waals surface area contributed by atoms with E-state index in [1.165, 1.54) is 18.2 Å². The number of aryl methyl sites for hydroxylation is 1. The summed E-state index contributed by atoms with van der Waals surface area (Å²) in [4.78, 5) is 16.2. The molecule has 0 aliphatic rings. The van der Waals surface area contributed by atoms with Crippen LogP contribution in [0.5, 0.6) is 0 Å². The Morgan fingerprint density at radius 2 is 2.18 bits per heavy atom. The van der Waals surface area contributed by atoms with Gasteiger partial charge in [-0.05, 0) is 30.7 Å². The van der Waals surface area contributed by atoms with Crippen molar-refractivity contribution in [3.63, 3.8) is 0 Å². The van der Waals surface area contributed by atoms with E-state index >= 15 is 0 Å². The molecule has 17 heavy (non-hydrogen) atoms. The standard InChI is InChI=1S/C9H10ClNO5S/c1-6-4-7(10)2-3-8(6)17(14,15)11-16-5-9(12)13/h2-4,11H,5H2,1H3,(H,12,13). The summed E-state index contributed by atoms with van der Waals surface area (Å²) in [6, 6.07) is 4.21. The average molecular weight is 280 g/mol. The molecule has 0 radical (unpaired) electrons. The second-order valence-electron chi connectivity index (χ2n) is 3.18. The zero-order valence-corrected chi connectivity index (χ0v) is 10.4. The van der Waals surface area contributed by atoms with Gasteiger partial charge >= 0.3 is 5.97 Å². The lowest BCUT2D eigenvalue weighted by atomic mass is 10.2. The predicted molar refractivity (Wildman–Crippen MR) is 60.1 cm³/mol. The fraction of sp³-hybridized carbons (Fsp3) is 0.222. The summed E-state index contributed by atoms with van der Waals surface area (Å²) in [5, 5.41) is 8.70. The SMILES string of the molecule is Cc1cc(Cl)ccc1S(=O)(=O)NOCC(=O)O. The highest BCUT2D eigenvalue weighted by molar-refractivity contribution is 7.89. The molecule has 0 unspecified atom stereocenters. The summed E-state index contributed by atoms with van der Waals surface area (Å²) in [7, 11) is -3.90. The zero-order valence-electron chi connectivity index (χ0n) is 8.81. The number of hydrogen-bond donors (Lipinski definition) is 2. The van der Waals surface area contributed by atoms with E-state index in [1.807, 2.05) is 0 Å². The lowest BCUT2D eigenvalue weighted by molar-refractivity contribution is -0.143. The maximum absolute atomic E-state index is 11.7. The minimum atomic E-state index is -3.90. The maximum Gasteiger partial charge on any atom is 0.331 e. The van der Waals surface area contributed by atoms with Crippen LogP contribution in [0, 0.1) is 6.92 Å². The first-order valence-electron chi connectivity index (χ1n) is 4.44. The fourth-order valence-corrected chi connectivity index (χ4v) is 2.39. The molecule has 94 valence electrons. The van der Waals surface area contributed by atoms with Crippen molar-refractivity contribution in [1.29, 1.82) is 0 Å². The van der Waals surface area contributed by atoms with E-state index in [9.17, 15) is 13.2 Å². The minimum Gasteiger partial charge on any atom is -0.479 e. The first kappa shape index (κ1) is 13.9. The molecule has 0 aromatic heterocycles. The second-order valence-corrected chi connectivity index (χ2v) is 5.23. The molecule has 0 spiro atoms. The molecule has 0 saturated heterocycles. The van der Waals surface area contributed by atoms with E-state index in [2.05, 4.69) is 4.84 Å². The average Bonchev–Trinajstić information content (AvgIpc) is 2.15. The third-order valence-corrected chi connectivity index (χ3v) is 3.40. The highest BCUT2D eigenvalue weighted by atomic mass is 35.5. The van der Waals surface area contributed by atoms with Gasteiger partial charge in [0, 0.05) is 5.02 Å². The Balaban J connectivity index is 2.86. The third kappa shape index (κ3) is 3.97. The van der Waals surface area contributed by atoms with Gasteiger partial charge in [0.05, 0.1) is 4.90 Å². The molecule has 0 bridgehead atoms. The summed E-state index contributed by atoms with van der Waals surface area (Å²) in [5.74, 6) is -1.28. The summed E-state index contributed by atoms with van der Waals surface area (Å²) in [6.45, 7) is 0.809. The van der Waals surface area contributed by atoms with Crippen LogP contribution in [0.15, 0.2) is 23.1 Å². The van der Waals surface area contributed by atoms with Crippen LogP contribution in [0.3, 0.4) is 0 Å². The number of halogens is 1. The van der Waals surface area contributed by atoms with Crippen molar-refractivity contribution in [3.8, 4) is 0 Å². The summed E-state index contributed by atoms with van der Waals surface area (Å²) >= 11 is 5.69. The van der Waals surface area contributed by atoms with Gasteiger partial charge in [0.25, 0.3) is 10.0 Å². The summed E-state index contributed by atoms with van der Waals surface area (Å²) in [5.41, 5.74) is 0.434. The predicted octanol–water partition coefficient (Wildman–Crippen LogP) is 0.943. The van der Waals surface area contributed by atoms with Crippen molar-refractivity contribution < 1.29 is 23.2 Å². The first-order chi connectivity index (χ1) is 7.83. The lowest BCUT2D eigenvalue weighted by Crippen LogP contribution is -2.27. The molecule has 1 aromatic rings. The summed E-state index contributed by atoms with van der Waals surface area (Å²) < 4.78 is 23.3. The largest absolute Gasteiger partial charge is 0.479 e. The van der Waals surface area contributed by atoms with Crippen LogP contribution < -0.4 is 4.89 Å². The fourth-order valence-electron chi connectivity index (χ4n) is 1.13. The van der Waals surface area contributed by atoms with E-state index in [-0.39, 0.29) is 4.90 Å². The molecular weight excluding hydrogens is 270 g/mol. The zero-order chi connectivity index (χ0) is 13.1. The maximum atomic E-state index is 11.7. The molecule has 0 saturated carbocycles. The molecular formula is C9H10ClNO5S. The molecule has 0 aliphatic carbocycles. The van der Waals surface area contributed by atoms with Gasteiger partial charge in [-0.15, -0.1) is 0 Å². The van der Waals surface area contributed by atoms with Crippen LogP contribution in [0.4, 0.5) is 0 Å². The number of nitrogens with one attached hydrogen (secondary N) is 1. The van der Waals surface area contributed by atoms with Crippen molar-refractivity contribution in [1.82, 2.24) is 4.89 Å². The molecule has 0 amide bonds. The molecule has 0 aliphatic heterocycles. The van der Waals surface area contributed by atoms with Crippen molar-refractivity contribution in [2.45, 2.75) is 11.8 Å². The molecule has 6 nitrogen and oxygen atoms in total. The lowest BCUT2D eigenvalue weighted by Gasteiger charge is -2.08. The molecule has 0 heterocycles. The smallest absolute Gasteiger partial charge is 0.331 e. The molecule has 1 rings (SSSR count). The Labute approximate surface area is 103 Å². The third-order valence-electron chi connectivity index (χ3n) is 1.79. The number of carboxylic acid groups (broad SMARTS) is 1. The number of carboxylic acids is 1. The van der Waals surface area contributed by atoms with Gasteiger partial charge in [0.2, 0.25) is 0 Å². The Kier molecular flexibility index (Phi) is 4.47. The van der Waals surface area contributed by atoms with Gasteiger partial charge in [-0.1, -0.05) is 16.5 Å². The van der Waals surface area contributed by atoms with Crippen molar-refractivity contribution >= 4 is 27.6 Å². The first-order valence-corrected chi connectivity index (χ1v) is 6.30. The van der Waals surface area contributed by atoms with Gasteiger partial charge in [-0.3, -0.25) is 4.84 Å². The molecule has 0 fully saturated rings. The molecule has 1 aromatic carbocycles. The van der Waals surface area contributed by atoms with E-state index in [0.29, 0.717) is 10.6 Å². The molecule has 2 N–H and O–H groups in total.